The molecule has 3 unspecified atom stereocenters. The maximum atomic E-state index is 14.3. The summed E-state index contributed by atoms with van der Waals surface area (Å²) in [5, 5.41) is 6.06. The zero-order valence-corrected chi connectivity index (χ0v) is 26.5. The summed E-state index contributed by atoms with van der Waals surface area (Å²) in [6.07, 6.45) is 0.787. The normalized spacial score (nSPS) is 13.8. The number of anilines is 1. The Bertz CT molecular complexity index is 1160. The number of amides is 3. The summed E-state index contributed by atoms with van der Waals surface area (Å²) in [7, 11) is 0. The molecule has 9 heteroatoms. The van der Waals surface area contributed by atoms with E-state index >= 15 is 0 Å². The van der Waals surface area contributed by atoms with Crippen LogP contribution in [0.3, 0.4) is 0 Å². The van der Waals surface area contributed by atoms with Gasteiger partial charge in [0.25, 0.3) is 5.91 Å². The molecule has 0 heterocycles. The van der Waals surface area contributed by atoms with E-state index in [0.717, 1.165) is 17.5 Å². The minimum absolute atomic E-state index is 0.0251. The second-order valence-corrected chi connectivity index (χ2v) is 12.5. The van der Waals surface area contributed by atoms with E-state index in [2.05, 4.69) is 37.1 Å². The van der Waals surface area contributed by atoms with Gasteiger partial charge in [-0.2, -0.15) is 12.6 Å². The lowest BCUT2D eigenvalue weighted by Crippen LogP contribution is -2.55. The molecule has 0 saturated heterocycles. The zero-order chi connectivity index (χ0) is 30.2. The first kappa shape index (κ1) is 33.5. The molecule has 2 aromatic carbocycles. The van der Waals surface area contributed by atoms with E-state index in [4.69, 9.17) is 16.3 Å². The highest BCUT2D eigenvalue weighted by molar-refractivity contribution is 7.80. The van der Waals surface area contributed by atoms with E-state index < -0.39 is 35.6 Å². The van der Waals surface area contributed by atoms with Gasteiger partial charge in [-0.05, 0) is 77.5 Å². The summed E-state index contributed by atoms with van der Waals surface area (Å²) in [5.74, 6) is -0.398. The number of hydrogen-bond donors (Lipinski definition) is 3. The molecular formula is C31H44ClN3O4S. The van der Waals surface area contributed by atoms with Crippen LogP contribution >= 0.6 is 24.2 Å². The standard InChI is InChI=1S/C31H44ClN3O4S/c1-19(2)15-16-22(5)35(29(37)25(18-40)33-30(38)39-31(6,7)8)27(23-13-9-11-20(3)17-23)28(36)34-26-21(4)12-10-14-24(26)32/h9-14,17,19,22,25,27,40H,15-16,18H2,1-8H3,(H,33,38)(H,34,36). The molecule has 0 saturated carbocycles. The Kier molecular flexibility index (Phi) is 12.4. The Labute approximate surface area is 249 Å². The number of hydrogen-bond acceptors (Lipinski definition) is 5. The van der Waals surface area contributed by atoms with Crippen molar-refractivity contribution in [3.8, 4) is 0 Å². The molecular weight excluding hydrogens is 546 g/mol. The fraction of sp³-hybridized carbons (Fsp3) is 0.516. The first-order chi connectivity index (χ1) is 18.6. The van der Waals surface area contributed by atoms with Crippen molar-refractivity contribution < 1.29 is 19.1 Å². The van der Waals surface area contributed by atoms with Gasteiger partial charge in [0, 0.05) is 11.8 Å². The topological polar surface area (TPSA) is 87.7 Å². The Balaban J connectivity index is 2.61. The Hall–Kier alpha value is -2.71. The highest BCUT2D eigenvalue weighted by Gasteiger charge is 2.39. The number of nitrogens with one attached hydrogen (secondary N) is 2. The van der Waals surface area contributed by atoms with Gasteiger partial charge in [0.05, 0.1) is 10.7 Å². The molecule has 0 bridgehead atoms. The minimum atomic E-state index is -1.01. The molecule has 2 aromatic rings. The Morgan fingerprint density at radius 2 is 1.68 bits per heavy atom. The van der Waals surface area contributed by atoms with Crippen molar-refractivity contribution in [2.45, 2.75) is 92.0 Å². The zero-order valence-electron chi connectivity index (χ0n) is 24.9. The molecule has 3 amide bonds. The minimum Gasteiger partial charge on any atom is -0.444 e. The molecule has 40 heavy (non-hydrogen) atoms. The van der Waals surface area contributed by atoms with Gasteiger partial charge >= 0.3 is 6.09 Å². The van der Waals surface area contributed by atoms with Crippen molar-refractivity contribution in [3.05, 3.63) is 64.2 Å². The monoisotopic (exact) mass is 589 g/mol. The van der Waals surface area contributed by atoms with Crippen LogP contribution in [0, 0.1) is 19.8 Å². The molecule has 7 nitrogen and oxygen atoms in total. The van der Waals surface area contributed by atoms with E-state index in [1.807, 2.05) is 57.2 Å². The van der Waals surface area contributed by atoms with Gasteiger partial charge in [-0.25, -0.2) is 4.79 Å². The summed E-state index contributed by atoms with van der Waals surface area (Å²) in [6.45, 7) is 15.2. The van der Waals surface area contributed by atoms with Crippen LogP contribution < -0.4 is 10.6 Å². The van der Waals surface area contributed by atoms with Crippen LogP contribution in [0.2, 0.25) is 5.02 Å². The number of carbonyl (C=O) groups excluding carboxylic acids is 3. The summed E-state index contributed by atoms with van der Waals surface area (Å²) in [6, 6.07) is 10.6. The fourth-order valence-electron chi connectivity index (χ4n) is 4.39. The lowest BCUT2D eigenvalue weighted by atomic mass is 9.96. The van der Waals surface area contributed by atoms with Crippen LogP contribution in [0.4, 0.5) is 10.5 Å². The molecule has 0 aliphatic carbocycles. The van der Waals surface area contributed by atoms with Crippen LogP contribution in [0.25, 0.3) is 0 Å². The van der Waals surface area contributed by atoms with Gasteiger partial charge in [-0.15, -0.1) is 0 Å². The van der Waals surface area contributed by atoms with Crippen LogP contribution in [-0.4, -0.2) is 46.2 Å². The first-order valence-electron chi connectivity index (χ1n) is 13.7. The number of thiol groups is 1. The summed E-state index contributed by atoms with van der Waals surface area (Å²) < 4.78 is 5.40. The largest absolute Gasteiger partial charge is 0.444 e. The molecule has 0 fully saturated rings. The van der Waals surface area contributed by atoms with E-state index in [1.54, 1.807) is 31.7 Å². The number of carbonyl (C=O) groups is 3. The smallest absolute Gasteiger partial charge is 0.408 e. The molecule has 0 aromatic heterocycles. The highest BCUT2D eigenvalue weighted by Crippen LogP contribution is 2.32. The lowest BCUT2D eigenvalue weighted by molar-refractivity contribution is -0.143. The van der Waals surface area contributed by atoms with Crippen molar-refractivity contribution >= 4 is 47.8 Å². The third-order valence-electron chi connectivity index (χ3n) is 6.42. The molecule has 2 rings (SSSR count). The highest BCUT2D eigenvalue weighted by atomic mass is 35.5. The fourth-order valence-corrected chi connectivity index (χ4v) is 4.90. The van der Waals surface area contributed by atoms with Crippen LogP contribution in [0.15, 0.2) is 42.5 Å². The average molecular weight is 590 g/mol. The van der Waals surface area contributed by atoms with E-state index in [0.29, 0.717) is 28.6 Å². The van der Waals surface area contributed by atoms with E-state index in [1.165, 1.54) is 0 Å². The maximum absolute atomic E-state index is 14.3. The van der Waals surface area contributed by atoms with Gasteiger partial charge in [0.2, 0.25) is 5.91 Å². The maximum Gasteiger partial charge on any atom is 0.408 e. The molecule has 0 aliphatic rings. The van der Waals surface area contributed by atoms with Crippen LogP contribution in [0.1, 0.15) is 77.1 Å². The van der Waals surface area contributed by atoms with Gasteiger partial charge in [0.1, 0.15) is 17.7 Å². The van der Waals surface area contributed by atoms with E-state index in [9.17, 15) is 14.4 Å². The van der Waals surface area contributed by atoms with Crippen molar-refractivity contribution in [3.63, 3.8) is 0 Å². The second kappa shape index (κ2) is 14.8. The van der Waals surface area contributed by atoms with Crippen molar-refractivity contribution in [1.82, 2.24) is 10.2 Å². The number of nitrogens with zero attached hydrogens (tertiary/aromatic N) is 1. The number of para-hydroxylation sites is 1. The van der Waals surface area contributed by atoms with Gasteiger partial charge < -0.3 is 20.3 Å². The van der Waals surface area contributed by atoms with Gasteiger partial charge in [-0.3, -0.25) is 9.59 Å². The summed E-state index contributed by atoms with van der Waals surface area (Å²) in [4.78, 5) is 42.6. The van der Waals surface area contributed by atoms with Gasteiger partial charge in [0.15, 0.2) is 0 Å². The number of rotatable bonds is 11. The average Bonchev–Trinajstić information content (AvgIpc) is 2.85. The van der Waals surface area contributed by atoms with Crippen LogP contribution in [-0.2, 0) is 14.3 Å². The summed E-state index contributed by atoms with van der Waals surface area (Å²) >= 11 is 10.8. The summed E-state index contributed by atoms with van der Waals surface area (Å²) in [5.41, 5.74) is 2.15. The third kappa shape index (κ3) is 9.73. The predicted octanol–water partition coefficient (Wildman–Crippen LogP) is 7.11. The number of halogens is 1. The number of benzene rings is 2. The quantitative estimate of drug-likeness (QED) is 0.244. The molecule has 3 atom stereocenters. The van der Waals surface area contributed by atoms with Crippen LogP contribution in [0.5, 0.6) is 0 Å². The second-order valence-electron chi connectivity index (χ2n) is 11.7. The number of alkyl carbamates (subject to hydrolysis) is 1. The Morgan fingerprint density at radius 1 is 1.02 bits per heavy atom. The lowest BCUT2D eigenvalue weighted by Gasteiger charge is -2.38. The molecule has 2 N–H and O–H groups in total. The molecule has 0 radical (unpaired) electrons. The first-order valence-corrected chi connectivity index (χ1v) is 14.7. The van der Waals surface area contributed by atoms with E-state index in [-0.39, 0.29) is 11.8 Å². The number of ether oxygens (including phenoxy) is 1. The predicted molar refractivity (Wildman–Crippen MR) is 166 cm³/mol. The van der Waals surface area contributed by atoms with Crippen molar-refractivity contribution in [2.24, 2.45) is 5.92 Å². The molecule has 0 aliphatic heterocycles. The van der Waals surface area contributed by atoms with Gasteiger partial charge in [-0.1, -0.05) is 67.4 Å². The molecule has 220 valence electrons. The Morgan fingerprint density at radius 3 is 2.23 bits per heavy atom. The third-order valence-corrected chi connectivity index (χ3v) is 7.10. The van der Waals surface area contributed by atoms with Crippen molar-refractivity contribution in [2.75, 3.05) is 11.1 Å². The van der Waals surface area contributed by atoms with Crippen molar-refractivity contribution in [1.29, 1.82) is 0 Å². The number of aryl methyl sites for hydroxylation is 2. The SMILES string of the molecule is Cc1cccc(C(C(=O)Nc2c(C)cccc2Cl)N(C(=O)C(CS)NC(=O)OC(C)(C)C)C(C)CCC(C)C)c1. The molecule has 0 spiro atoms.